The SMILES string of the molecule is CCCC(CC(=O)O)NS(=O)(=O)c1cc(Cl)c(Br)s1. The Balaban J connectivity index is 2.90. The summed E-state index contributed by atoms with van der Waals surface area (Å²) in [5.41, 5.74) is 0. The summed E-state index contributed by atoms with van der Waals surface area (Å²) in [4.78, 5) is 10.7. The second-order valence-electron chi connectivity index (χ2n) is 3.89. The first kappa shape index (κ1) is 16.9. The third kappa shape index (κ3) is 5.03. The van der Waals surface area contributed by atoms with Crippen molar-refractivity contribution >= 4 is 54.9 Å². The maximum absolute atomic E-state index is 12.1. The van der Waals surface area contributed by atoms with Gasteiger partial charge in [-0.25, -0.2) is 13.1 Å². The van der Waals surface area contributed by atoms with Gasteiger partial charge in [0.15, 0.2) is 0 Å². The van der Waals surface area contributed by atoms with E-state index in [1.807, 2.05) is 6.92 Å². The van der Waals surface area contributed by atoms with Crippen LogP contribution in [-0.2, 0) is 14.8 Å². The largest absolute Gasteiger partial charge is 0.481 e. The second-order valence-corrected chi connectivity index (χ2v) is 8.61. The Labute approximate surface area is 129 Å². The smallest absolute Gasteiger partial charge is 0.304 e. The van der Waals surface area contributed by atoms with Gasteiger partial charge in [-0.15, -0.1) is 11.3 Å². The van der Waals surface area contributed by atoms with Crippen molar-refractivity contribution in [1.29, 1.82) is 0 Å². The number of hydrogen-bond donors (Lipinski definition) is 2. The molecule has 0 fully saturated rings. The number of carboxylic acid groups (broad SMARTS) is 1. The van der Waals surface area contributed by atoms with Crippen LogP contribution in [0, 0.1) is 0 Å². The van der Waals surface area contributed by atoms with Crippen LogP contribution in [0.25, 0.3) is 0 Å². The Bertz CT molecular complexity index is 538. The van der Waals surface area contributed by atoms with E-state index in [9.17, 15) is 13.2 Å². The molecule has 1 aromatic heterocycles. The van der Waals surface area contributed by atoms with Crippen LogP contribution >= 0.6 is 38.9 Å². The third-order valence-corrected chi connectivity index (χ3v) is 6.74. The molecule has 2 N–H and O–H groups in total. The number of nitrogens with one attached hydrogen (secondary N) is 1. The minimum atomic E-state index is -3.74. The number of thiophene rings is 1. The van der Waals surface area contributed by atoms with Crippen LogP contribution in [-0.4, -0.2) is 25.5 Å². The van der Waals surface area contributed by atoms with Gasteiger partial charge in [0.05, 0.1) is 15.2 Å². The molecule has 0 saturated heterocycles. The predicted molar refractivity (Wildman–Crippen MR) is 78.3 cm³/mol. The first-order valence-corrected chi connectivity index (χ1v) is 8.92. The molecule has 19 heavy (non-hydrogen) atoms. The van der Waals surface area contributed by atoms with Gasteiger partial charge in [-0.05, 0) is 28.4 Å². The van der Waals surface area contributed by atoms with Crippen molar-refractivity contribution < 1.29 is 18.3 Å². The van der Waals surface area contributed by atoms with Crippen LogP contribution in [0.5, 0.6) is 0 Å². The van der Waals surface area contributed by atoms with Crippen molar-refractivity contribution in [2.75, 3.05) is 0 Å². The number of aliphatic carboxylic acids is 1. The molecule has 0 amide bonds. The highest BCUT2D eigenvalue weighted by molar-refractivity contribution is 9.11. The molecule has 0 aliphatic rings. The van der Waals surface area contributed by atoms with Crippen LogP contribution in [0.15, 0.2) is 14.1 Å². The Kier molecular flexibility index (Phi) is 6.25. The molecule has 108 valence electrons. The van der Waals surface area contributed by atoms with Gasteiger partial charge in [0.25, 0.3) is 0 Å². The topological polar surface area (TPSA) is 83.5 Å². The predicted octanol–water partition coefficient (Wildman–Crippen LogP) is 3.09. The summed E-state index contributed by atoms with van der Waals surface area (Å²) >= 11 is 9.93. The van der Waals surface area contributed by atoms with Gasteiger partial charge in [0.1, 0.15) is 4.21 Å². The van der Waals surface area contributed by atoms with Gasteiger partial charge in [0, 0.05) is 6.04 Å². The van der Waals surface area contributed by atoms with Crippen LogP contribution in [0.4, 0.5) is 0 Å². The third-order valence-electron chi connectivity index (χ3n) is 2.27. The highest BCUT2D eigenvalue weighted by Gasteiger charge is 2.24. The molecule has 0 aliphatic heterocycles. The summed E-state index contributed by atoms with van der Waals surface area (Å²) in [6, 6.07) is 0.717. The van der Waals surface area contributed by atoms with E-state index < -0.39 is 22.0 Å². The molecule has 0 spiro atoms. The normalized spacial score (nSPS) is 13.4. The molecule has 0 saturated carbocycles. The van der Waals surface area contributed by atoms with Gasteiger partial charge >= 0.3 is 5.97 Å². The standard InChI is InChI=1S/C10H13BrClNO4S2/c1-2-3-6(4-8(14)15)13-19(16,17)9-5-7(12)10(11)18-9/h5-6,13H,2-4H2,1H3,(H,14,15). The van der Waals surface area contributed by atoms with Crippen molar-refractivity contribution in [3.63, 3.8) is 0 Å². The molecular formula is C10H13BrClNO4S2. The number of carbonyl (C=O) groups is 1. The summed E-state index contributed by atoms with van der Waals surface area (Å²) < 4.78 is 27.2. The van der Waals surface area contributed by atoms with Crippen molar-refractivity contribution in [3.05, 3.63) is 14.9 Å². The maximum Gasteiger partial charge on any atom is 0.304 e. The number of hydrogen-bond acceptors (Lipinski definition) is 4. The van der Waals surface area contributed by atoms with Crippen LogP contribution in [0.1, 0.15) is 26.2 Å². The fourth-order valence-corrected chi connectivity index (χ4v) is 5.18. The van der Waals surface area contributed by atoms with E-state index in [4.69, 9.17) is 16.7 Å². The average molecular weight is 391 g/mol. The lowest BCUT2D eigenvalue weighted by Crippen LogP contribution is -2.36. The monoisotopic (exact) mass is 389 g/mol. The molecule has 9 heteroatoms. The van der Waals surface area contributed by atoms with E-state index in [1.54, 1.807) is 0 Å². The fraction of sp³-hybridized carbons (Fsp3) is 0.500. The van der Waals surface area contributed by atoms with Crippen molar-refractivity contribution in [3.8, 4) is 0 Å². The van der Waals surface area contributed by atoms with Crippen molar-refractivity contribution in [1.82, 2.24) is 4.72 Å². The minimum absolute atomic E-state index is 0.0656. The molecule has 0 radical (unpaired) electrons. The van der Waals surface area contributed by atoms with Gasteiger partial charge in [-0.3, -0.25) is 4.79 Å². The zero-order valence-electron chi connectivity index (χ0n) is 10.0. The second kappa shape index (κ2) is 7.03. The van der Waals surface area contributed by atoms with E-state index in [2.05, 4.69) is 20.7 Å². The molecule has 1 rings (SSSR count). The summed E-state index contributed by atoms with van der Waals surface area (Å²) in [7, 11) is -3.74. The summed E-state index contributed by atoms with van der Waals surface area (Å²) in [5.74, 6) is -1.04. The molecule has 5 nitrogen and oxygen atoms in total. The van der Waals surface area contributed by atoms with Gasteiger partial charge in [-0.2, -0.15) is 0 Å². The van der Waals surface area contributed by atoms with Gasteiger partial charge in [0.2, 0.25) is 10.0 Å². The zero-order valence-corrected chi connectivity index (χ0v) is 14.0. The highest BCUT2D eigenvalue weighted by atomic mass is 79.9. The quantitative estimate of drug-likeness (QED) is 0.749. The molecule has 0 bridgehead atoms. The van der Waals surface area contributed by atoms with E-state index in [-0.39, 0.29) is 10.6 Å². The molecule has 0 aliphatic carbocycles. The van der Waals surface area contributed by atoms with Crippen molar-refractivity contribution in [2.24, 2.45) is 0 Å². The molecule has 1 heterocycles. The fourth-order valence-electron chi connectivity index (χ4n) is 1.50. The number of sulfonamides is 1. The van der Waals surface area contributed by atoms with Gasteiger partial charge in [-0.1, -0.05) is 24.9 Å². The van der Waals surface area contributed by atoms with Gasteiger partial charge < -0.3 is 5.11 Å². The lowest BCUT2D eigenvalue weighted by Gasteiger charge is -2.15. The lowest BCUT2D eigenvalue weighted by atomic mass is 10.1. The molecule has 1 atom stereocenters. The lowest BCUT2D eigenvalue weighted by molar-refractivity contribution is -0.137. The maximum atomic E-state index is 12.1. The molecule has 0 aromatic carbocycles. The van der Waals surface area contributed by atoms with Crippen LogP contribution in [0.3, 0.4) is 0 Å². The highest BCUT2D eigenvalue weighted by Crippen LogP contribution is 2.34. The van der Waals surface area contributed by atoms with Crippen molar-refractivity contribution in [2.45, 2.75) is 36.4 Å². The Morgan fingerprint density at radius 1 is 1.63 bits per heavy atom. The Morgan fingerprint density at radius 2 is 2.26 bits per heavy atom. The summed E-state index contributed by atoms with van der Waals surface area (Å²) in [6.45, 7) is 1.86. The first-order valence-electron chi connectivity index (χ1n) is 5.45. The molecule has 1 aromatic rings. The average Bonchev–Trinajstić information content (AvgIpc) is 2.58. The van der Waals surface area contributed by atoms with E-state index in [1.165, 1.54) is 6.07 Å². The Hall–Kier alpha value is -0.150. The zero-order chi connectivity index (χ0) is 14.6. The summed E-state index contributed by atoms with van der Waals surface area (Å²) in [6.07, 6.45) is 0.911. The minimum Gasteiger partial charge on any atom is -0.481 e. The van der Waals surface area contributed by atoms with E-state index in [0.29, 0.717) is 21.7 Å². The first-order chi connectivity index (χ1) is 8.76. The number of carboxylic acids is 1. The number of halogens is 2. The Morgan fingerprint density at radius 3 is 2.68 bits per heavy atom. The van der Waals surface area contributed by atoms with Crippen LogP contribution < -0.4 is 4.72 Å². The van der Waals surface area contributed by atoms with E-state index >= 15 is 0 Å². The number of rotatable bonds is 7. The van der Waals surface area contributed by atoms with Crippen LogP contribution in [0.2, 0.25) is 5.02 Å². The molecule has 1 unspecified atom stereocenters. The summed E-state index contributed by atoms with van der Waals surface area (Å²) in [5, 5.41) is 9.08. The molecular weight excluding hydrogens is 378 g/mol. The van der Waals surface area contributed by atoms with E-state index in [0.717, 1.165) is 11.3 Å².